The average Bonchev–Trinajstić information content (AvgIpc) is 2.30. The predicted molar refractivity (Wildman–Crippen MR) is 63.9 cm³/mol. The second-order valence-electron chi connectivity index (χ2n) is 3.86. The lowest BCUT2D eigenvalue weighted by Gasteiger charge is -2.08. The van der Waals surface area contributed by atoms with Gasteiger partial charge in [-0.3, -0.25) is 4.79 Å². The van der Waals surface area contributed by atoms with Gasteiger partial charge in [-0.05, 0) is 19.1 Å². The van der Waals surface area contributed by atoms with Crippen LogP contribution in [0.5, 0.6) is 5.75 Å². The van der Waals surface area contributed by atoms with E-state index in [0.717, 1.165) is 0 Å². The molecule has 0 unspecified atom stereocenters. The molecule has 1 N–H and O–H groups in total. The summed E-state index contributed by atoms with van der Waals surface area (Å²) in [7, 11) is 0. The summed E-state index contributed by atoms with van der Waals surface area (Å²) in [5, 5.41) is 10.4. The number of rotatable bonds is 3. The number of fused-ring (bicyclic) bond motifs is 1. The van der Waals surface area contributed by atoms with E-state index in [-0.39, 0.29) is 23.3 Å². The van der Waals surface area contributed by atoms with E-state index in [4.69, 9.17) is 4.42 Å². The molecule has 0 amide bonds. The Morgan fingerprint density at radius 3 is 2.78 bits per heavy atom. The fourth-order valence-corrected chi connectivity index (χ4v) is 1.83. The lowest BCUT2D eigenvalue weighted by atomic mass is 10.0. The number of ketones is 1. The van der Waals surface area contributed by atoms with Crippen LogP contribution in [-0.4, -0.2) is 17.2 Å². The number of benzene rings is 1. The van der Waals surface area contributed by atoms with Gasteiger partial charge in [0.05, 0.1) is 0 Å². The largest absolute Gasteiger partial charge is 0.507 e. The number of carbonyl (C=O) groups is 2. The van der Waals surface area contributed by atoms with Gasteiger partial charge in [-0.15, -0.1) is 0 Å². The lowest BCUT2D eigenvalue weighted by molar-refractivity contribution is -0.107. The third kappa shape index (κ3) is 1.90. The fourth-order valence-electron chi connectivity index (χ4n) is 1.83. The first kappa shape index (κ1) is 12.0. The van der Waals surface area contributed by atoms with Gasteiger partial charge in [-0.25, -0.2) is 4.79 Å². The molecule has 1 aromatic heterocycles. The molecule has 5 heteroatoms. The van der Waals surface area contributed by atoms with E-state index >= 15 is 0 Å². The Bertz CT molecular complexity index is 696. The summed E-state index contributed by atoms with van der Waals surface area (Å²) in [5.74, 6) is -0.740. The number of phenols is 1. The molecule has 1 heterocycles. The van der Waals surface area contributed by atoms with Crippen LogP contribution in [0, 0.1) is 0 Å². The Morgan fingerprint density at radius 1 is 1.44 bits per heavy atom. The van der Waals surface area contributed by atoms with E-state index in [1.165, 1.54) is 25.1 Å². The molecular formula is C13H10O5. The highest BCUT2D eigenvalue weighted by Gasteiger charge is 2.18. The Morgan fingerprint density at radius 2 is 2.17 bits per heavy atom. The molecule has 0 spiro atoms. The van der Waals surface area contributed by atoms with Crippen molar-refractivity contribution < 1.29 is 19.1 Å². The zero-order chi connectivity index (χ0) is 13.3. The quantitative estimate of drug-likeness (QED) is 0.503. The normalized spacial score (nSPS) is 10.5. The summed E-state index contributed by atoms with van der Waals surface area (Å²) in [5.41, 5.74) is -0.298. The summed E-state index contributed by atoms with van der Waals surface area (Å²) in [6.45, 7) is 1.26. The summed E-state index contributed by atoms with van der Waals surface area (Å²) in [6, 6.07) is 4.23. The van der Waals surface area contributed by atoms with Crippen molar-refractivity contribution in [2.24, 2.45) is 0 Å². The molecule has 1 aromatic carbocycles. The number of Topliss-reactive ketones (excluding diaryl/α,β-unsaturated/α-hetero) is 1. The molecule has 0 saturated carbocycles. The van der Waals surface area contributed by atoms with Crippen LogP contribution in [0.1, 0.15) is 22.8 Å². The van der Waals surface area contributed by atoms with Gasteiger partial charge in [0.25, 0.3) is 0 Å². The van der Waals surface area contributed by atoms with Crippen LogP contribution in [0.3, 0.4) is 0 Å². The van der Waals surface area contributed by atoms with Crippen LogP contribution in [0.15, 0.2) is 27.4 Å². The Labute approximate surface area is 102 Å². The van der Waals surface area contributed by atoms with E-state index in [0.29, 0.717) is 17.2 Å². The van der Waals surface area contributed by atoms with Crippen molar-refractivity contribution in [3.05, 3.63) is 39.7 Å². The maximum absolute atomic E-state index is 11.5. The molecule has 2 rings (SSSR count). The minimum atomic E-state index is -0.604. The molecule has 0 atom stereocenters. The van der Waals surface area contributed by atoms with E-state index in [1.807, 2.05) is 0 Å². The second-order valence-corrected chi connectivity index (χ2v) is 3.86. The van der Waals surface area contributed by atoms with Gasteiger partial charge in [-0.2, -0.15) is 0 Å². The van der Waals surface area contributed by atoms with Crippen molar-refractivity contribution in [3.8, 4) is 5.75 Å². The van der Waals surface area contributed by atoms with Crippen LogP contribution < -0.4 is 5.63 Å². The summed E-state index contributed by atoms with van der Waals surface area (Å²) in [6.07, 6.45) is 0.616. The fraction of sp³-hybridized carbons (Fsp3) is 0.154. The van der Waals surface area contributed by atoms with Crippen LogP contribution in [0.25, 0.3) is 11.0 Å². The smallest absolute Gasteiger partial charge is 0.336 e. The van der Waals surface area contributed by atoms with Crippen LogP contribution in [-0.2, 0) is 11.2 Å². The molecule has 0 fully saturated rings. The minimum Gasteiger partial charge on any atom is -0.507 e. The summed E-state index contributed by atoms with van der Waals surface area (Å²) < 4.78 is 4.94. The van der Waals surface area contributed by atoms with Gasteiger partial charge in [0.15, 0.2) is 11.4 Å². The molecule has 18 heavy (non-hydrogen) atoms. The first-order valence-corrected chi connectivity index (χ1v) is 5.28. The van der Waals surface area contributed by atoms with Crippen molar-refractivity contribution in [2.45, 2.75) is 13.3 Å². The van der Waals surface area contributed by atoms with Crippen LogP contribution in [0.2, 0.25) is 0 Å². The molecule has 0 aliphatic carbocycles. The van der Waals surface area contributed by atoms with Crippen molar-refractivity contribution in [1.29, 1.82) is 0 Å². The van der Waals surface area contributed by atoms with Gasteiger partial charge in [0.1, 0.15) is 17.6 Å². The number of carbonyl (C=O) groups excluding carboxylic acids is 2. The topological polar surface area (TPSA) is 84.6 Å². The second kappa shape index (κ2) is 4.44. The number of aromatic hydroxyl groups is 1. The number of phenolic OH excluding ortho intramolecular Hbond substituents is 1. The summed E-state index contributed by atoms with van der Waals surface area (Å²) in [4.78, 5) is 33.2. The Hall–Kier alpha value is -2.43. The third-order valence-corrected chi connectivity index (χ3v) is 2.62. The van der Waals surface area contributed by atoms with Crippen molar-refractivity contribution >= 4 is 23.0 Å². The van der Waals surface area contributed by atoms with Crippen molar-refractivity contribution in [1.82, 2.24) is 0 Å². The number of hydrogen-bond donors (Lipinski definition) is 1. The highest BCUT2D eigenvalue weighted by atomic mass is 16.4. The first-order valence-electron chi connectivity index (χ1n) is 5.28. The lowest BCUT2D eigenvalue weighted by Crippen LogP contribution is -2.03. The highest BCUT2D eigenvalue weighted by molar-refractivity contribution is 6.07. The van der Waals surface area contributed by atoms with Gasteiger partial charge >= 0.3 is 5.63 Å². The Kier molecular flexibility index (Phi) is 2.97. The summed E-state index contributed by atoms with van der Waals surface area (Å²) >= 11 is 0. The van der Waals surface area contributed by atoms with Gasteiger partial charge in [0, 0.05) is 23.4 Å². The van der Waals surface area contributed by atoms with Gasteiger partial charge < -0.3 is 14.3 Å². The maximum Gasteiger partial charge on any atom is 0.336 e. The van der Waals surface area contributed by atoms with Gasteiger partial charge in [0.2, 0.25) is 0 Å². The molecule has 92 valence electrons. The molecule has 0 radical (unpaired) electrons. The van der Waals surface area contributed by atoms with E-state index in [9.17, 15) is 19.5 Å². The van der Waals surface area contributed by atoms with Crippen molar-refractivity contribution in [3.63, 3.8) is 0 Å². The molecule has 2 aromatic rings. The SMILES string of the molecule is CC(=O)c1c(O)c(CC=O)cc2ccc(=O)oc12. The molecular weight excluding hydrogens is 236 g/mol. The maximum atomic E-state index is 11.5. The molecule has 0 aliphatic heterocycles. The minimum absolute atomic E-state index is 0.0127. The zero-order valence-electron chi connectivity index (χ0n) is 9.60. The zero-order valence-corrected chi connectivity index (χ0v) is 9.60. The van der Waals surface area contributed by atoms with Gasteiger partial charge in [-0.1, -0.05) is 0 Å². The van der Waals surface area contributed by atoms with E-state index < -0.39 is 11.4 Å². The van der Waals surface area contributed by atoms with Crippen LogP contribution in [0.4, 0.5) is 0 Å². The first-order chi connectivity index (χ1) is 8.54. The van der Waals surface area contributed by atoms with Crippen molar-refractivity contribution in [2.75, 3.05) is 0 Å². The number of hydrogen-bond acceptors (Lipinski definition) is 5. The average molecular weight is 246 g/mol. The molecule has 5 nitrogen and oxygen atoms in total. The molecule has 0 aliphatic rings. The molecule has 0 bridgehead atoms. The Balaban J connectivity index is 2.92. The monoisotopic (exact) mass is 246 g/mol. The van der Waals surface area contributed by atoms with E-state index in [1.54, 1.807) is 0 Å². The third-order valence-electron chi connectivity index (χ3n) is 2.62. The standard InChI is InChI=1S/C13H10O5/c1-7(15)11-12(17)8(4-5-14)6-9-2-3-10(16)18-13(9)11/h2-3,5-6,17H,4H2,1H3. The van der Waals surface area contributed by atoms with Crippen LogP contribution >= 0.6 is 0 Å². The predicted octanol–water partition coefficient (Wildman–Crippen LogP) is 1.44. The highest BCUT2D eigenvalue weighted by Crippen LogP contribution is 2.31. The van der Waals surface area contributed by atoms with E-state index in [2.05, 4.69) is 0 Å². The number of aldehydes is 1. The molecule has 0 saturated heterocycles.